The summed E-state index contributed by atoms with van der Waals surface area (Å²) in [7, 11) is 0. The van der Waals surface area contributed by atoms with Gasteiger partial charge < -0.3 is 20.3 Å². The van der Waals surface area contributed by atoms with Gasteiger partial charge in [0.25, 0.3) is 0 Å². The Morgan fingerprint density at radius 1 is 1.52 bits per heavy atom. The number of benzene rings is 2. The maximum atomic E-state index is 14.2. The maximum absolute atomic E-state index is 14.2. The number of carbonyl (C=O) groups excluding carboxylic acids is 1. The van der Waals surface area contributed by atoms with Crippen LogP contribution < -0.4 is 15.4 Å². The molecule has 1 amide bonds. The van der Waals surface area contributed by atoms with Crippen LogP contribution in [0.5, 0.6) is 5.75 Å². The van der Waals surface area contributed by atoms with Crippen molar-refractivity contribution in [2.45, 2.75) is 6.92 Å². The molecule has 2 N–H and O–H groups in total. The third kappa shape index (κ3) is 5.98. The Bertz CT molecular complexity index is 1700. The Balaban J connectivity index is 2.17. The van der Waals surface area contributed by atoms with Gasteiger partial charge in [-0.25, -0.2) is 4.39 Å². The van der Waals surface area contributed by atoms with Gasteiger partial charge in [0, 0.05) is 46.9 Å². The highest BCUT2D eigenvalue weighted by atomic mass is 35.5. The van der Waals surface area contributed by atoms with E-state index in [1.807, 2.05) is 6.07 Å². The first kappa shape index (κ1) is 12.5. The van der Waals surface area contributed by atoms with Gasteiger partial charge in [0.1, 0.15) is 17.6 Å². The van der Waals surface area contributed by atoms with E-state index in [9.17, 15) is 14.4 Å². The van der Waals surface area contributed by atoms with Crippen molar-refractivity contribution in [2.75, 3.05) is 37.7 Å². The number of halogens is 2. The number of nitriles is 1. The van der Waals surface area contributed by atoms with Gasteiger partial charge in [-0.3, -0.25) is 9.78 Å². The van der Waals surface area contributed by atoms with Gasteiger partial charge in [-0.05, 0) is 45.1 Å². The number of fused-ring (bicyclic) bond motifs is 1. The Morgan fingerprint density at radius 3 is 3.06 bits per heavy atom. The molecule has 0 atom stereocenters. The number of rotatable bonds is 8. The lowest BCUT2D eigenvalue weighted by atomic mass is 10.1. The molecule has 3 rings (SSSR count). The molecule has 0 saturated heterocycles. The summed E-state index contributed by atoms with van der Waals surface area (Å²) in [6.07, 6.45) is 1.36. The second-order valence-corrected chi connectivity index (χ2v) is 6.55. The van der Waals surface area contributed by atoms with Crippen LogP contribution in [-0.2, 0) is 4.79 Å². The van der Waals surface area contributed by atoms with Crippen LogP contribution in [0, 0.1) is 17.1 Å². The van der Waals surface area contributed by atoms with E-state index in [1.165, 1.54) is 12.1 Å². The molecule has 0 aliphatic carbocycles. The molecule has 0 spiro atoms. The third-order valence-electron chi connectivity index (χ3n) is 4.01. The molecule has 0 unspecified atom stereocenters. The molecule has 1 heterocycles. The number of ether oxygens (including phenoxy) is 1. The Morgan fingerprint density at radius 2 is 2.33 bits per heavy atom. The number of hydrogen-bond acceptors (Lipinski definition) is 6. The van der Waals surface area contributed by atoms with Crippen LogP contribution >= 0.6 is 11.6 Å². The number of carbonyl (C=O) groups is 1. The predicted octanol–water partition coefficient (Wildman–Crippen LogP) is 5.10. The first-order valence-electron chi connectivity index (χ1n) is 15.2. The Labute approximate surface area is 213 Å². The van der Waals surface area contributed by atoms with Crippen molar-refractivity contribution in [1.29, 1.82) is 5.26 Å². The lowest BCUT2D eigenvalue weighted by Gasteiger charge is -2.16. The fraction of sp³-hybridized carbons (Fsp3) is 0.208. The average Bonchev–Trinajstić information content (AvgIpc) is 2.91. The van der Waals surface area contributed by atoms with Crippen LogP contribution in [0.4, 0.5) is 21.5 Å². The number of aromatic nitrogens is 1. The molecule has 0 radical (unpaired) electrons. The molecule has 2 aromatic carbocycles. The van der Waals surface area contributed by atoms with Gasteiger partial charge in [-0.2, -0.15) is 5.26 Å². The second kappa shape index (κ2) is 10.8. The van der Waals surface area contributed by atoms with Crippen molar-refractivity contribution in [3.05, 3.63) is 65.0 Å². The largest absolute Gasteiger partial charge is 0.492 e. The number of hydrogen-bond donors (Lipinski definition) is 2. The minimum Gasteiger partial charge on any atom is -0.492 e. The van der Waals surface area contributed by atoms with E-state index in [2.05, 4.69) is 15.6 Å². The molecule has 33 heavy (non-hydrogen) atoms. The number of nitrogens with one attached hydrogen (secondary N) is 2. The highest BCUT2D eigenvalue weighted by Crippen LogP contribution is 2.36. The summed E-state index contributed by atoms with van der Waals surface area (Å²) in [6.45, 7) is -8.57. The lowest BCUT2D eigenvalue weighted by Crippen LogP contribution is -2.13. The van der Waals surface area contributed by atoms with Crippen molar-refractivity contribution < 1.29 is 30.4 Å². The molecule has 0 aliphatic heterocycles. The van der Waals surface area contributed by atoms with Gasteiger partial charge >= 0.3 is 0 Å². The van der Waals surface area contributed by atoms with Gasteiger partial charge in [0.15, 0.2) is 0 Å². The van der Waals surface area contributed by atoms with Crippen molar-refractivity contribution in [3.8, 4) is 11.8 Å². The van der Waals surface area contributed by atoms with Crippen LogP contribution in [0.3, 0.4) is 0 Å². The van der Waals surface area contributed by atoms with Crippen LogP contribution in [0.15, 0.2) is 48.6 Å². The third-order valence-corrected chi connectivity index (χ3v) is 4.27. The Hall–Kier alpha value is -3.67. The molecular formula is C24H23ClFN5O2. The molecule has 0 fully saturated rings. The van der Waals surface area contributed by atoms with Gasteiger partial charge in [0.2, 0.25) is 5.91 Å². The molecule has 3 aromatic rings. The first-order valence-corrected chi connectivity index (χ1v) is 9.56. The van der Waals surface area contributed by atoms with Crippen LogP contribution in [0.25, 0.3) is 10.9 Å². The van der Waals surface area contributed by atoms with Crippen molar-refractivity contribution in [2.24, 2.45) is 0 Å². The summed E-state index contributed by atoms with van der Waals surface area (Å²) in [6, 6.07) is 0.954. The summed E-state index contributed by atoms with van der Waals surface area (Å²) in [4.78, 5) is 16.7. The summed E-state index contributed by atoms with van der Waals surface area (Å²) in [5, 5.41) is 14.0. The second-order valence-electron chi connectivity index (χ2n) is 6.17. The van der Waals surface area contributed by atoms with Gasteiger partial charge in [-0.1, -0.05) is 17.7 Å². The fourth-order valence-corrected chi connectivity index (χ4v) is 2.83. The van der Waals surface area contributed by atoms with E-state index in [-0.39, 0.29) is 46.3 Å². The molecule has 9 heteroatoms. The summed E-state index contributed by atoms with van der Waals surface area (Å²) < 4.78 is 113. The fourth-order valence-electron chi connectivity index (χ4n) is 2.69. The zero-order valence-electron chi connectivity index (χ0n) is 28.9. The van der Waals surface area contributed by atoms with Crippen molar-refractivity contribution in [3.63, 3.8) is 0 Å². The summed E-state index contributed by atoms with van der Waals surface area (Å²) >= 11 is 5.84. The molecule has 170 valence electrons. The number of pyridine rings is 1. The van der Waals surface area contributed by atoms with Crippen LogP contribution in [0.1, 0.15) is 28.9 Å². The number of nitrogens with zero attached hydrogens (tertiary/aromatic N) is 3. The summed E-state index contributed by atoms with van der Waals surface area (Å²) in [5.41, 5.74) is -0.652. The van der Waals surface area contributed by atoms with Gasteiger partial charge in [-0.15, -0.1) is 0 Å². The lowest BCUT2D eigenvalue weighted by molar-refractivity contribution is -0.111. The quantitative estimate of drug-likeness (QED) is 0.437. The normalized spacial score (nSPS) is 17.8. The van der Waals surface area contributed by atoms with E-state index in [4.69, 9.17) is 32.8 Å². The van der Waals surface area contributed by atoms with Crippen molar-refractivity contribution >= 4 is 45.5 Å². The smallest absolute Gasteiger partial charge is 0.248 e. The highest BCUT2D eigenvalue weighted by Gasteiger charge is 2.15. The van der Waals surface area contributed by atoms with Crippen LogP contribution in [0.2, 0.25) is 5.02 Å². The molecule has 0 aliphatic rings. The Kier molecular flexibility index (Phi) is 4.09. The summed E-state index contributed by atoms with van der Waals surface area (Å²) in [5.74, 6) is -2.60. The van der Waals surface area contributed by atoms with E-state index in [1.54, 1.807) is 6.92 Å². The van der Waals surface area contributed by atoms with E-state index < -0.39 is 72.0 Å². The predicted molar refractivity (Wildman–Crippen MR) is 129 cm³/mol. The van der Waals surface area contributed by atoms with Gasteiger partial charge in [0.05, 0.1) is 39.6 Å². The molecular weight excluding hydrogens is 445 g/mol. The topological polar surface area (TPSA) is 90.3 Å². The molecule has 0 bridgehead atoms. The standard InChI is InChI=1S/C24H23ClFN5O2/c1-4-33-22-12-20-17(11-21(22)30-23(32)6-5-9-31(2)3)24(15(13-27)14-28-20)29-16-7-8-19(26)18(25)10-16/h5-8,10-12,14H,4,9H2,1-3H3,(H,28,29)(H,30,32)/b6-5+/i2D3,3D3,6D,7D,8D,9D2,10D. The minimum atomic E-state index is -3.47. The van der Waals surface area contributed by atoms with E-state index >= 15 is 0 Å². The number of likely N-dealkylation sites (N-methyl/N-ethyl adjacent to an activating group) is 1. The van der Waals surface area contributed by atoms with E-state index in [0.717, 1.165) is 6.20 Å². The number of anilines is 3. The van der Waals surface area contributed by atoms with Crippen LogP contribution in [-0.4, -0.2) is 42.8 Å². The zero-order valence-corrected chi connectivity index (χ0v) is 17.7. The molecule has 7 nitrogen and oxygen atoms in total. The number of amides is 1. The first-order chi connectivity index (χ1) is 20.6. The zero-order chi connectivity index (χ0) is 34.2. The monoisotopic (exact) mass is 479 g/mol. The van der Waals surface area contributed by atoms with Crippen molar-refractivity contribution in [1.82, 2.24) is 9.88 Å². The molecule has 1 aromatic heterocycles. The van der Waals surface area contributed by atoms with E-state index in [0.29, 0.717) is 0 Å². The molecule has 0 saturated carbocycles. The average molecular weight is 480 g/mol. The maximum Gasteiger partial charge on any atom is 0.248 e. The highest BCUT2D eigenvalue weighted by molar-refractivity contribution is 6.31. The SMILES string of the molecule is [2H]/C(=C\C([2H])([2H])N(C([2H])([2H])[2H])C([2H])([2H])[2H])C(=O)Nc1cc2c(Nc3c([2H])c([2H])c(F)c(Cl)c3[2H])c(C#N)cnc2cc1OCC. The minimum absolute atomic E-state index is 0.00967.